The highest BCUT2D eigenvalue weighted by Gasteiger charge is 2.39. The summed E-state index contributed by atoms with van der Waals surface area (Å²) in [4.78, 5) is 0. The van der Waals surface area contributed by atoms with Gasteiger partial charge in [-0.3, -0.25) is 0 Å². The first kappa shape index (κ1) is 14.7. The molecule has 0 aliphatic carbocycles. The summed E-state index contributed by atoms with van der Waals surface area (Å²) >= 11 is 5.87. The molecule has 0 fully saturated rings. The van der Waals surface area contributed by atoms with E-state index in [0.29, 0.717) is 0 Å². The Labute approximate surface area is 110 Å². The zero-order chi connectivity index (χ0) is 13.9. The molecule has 0 saturated carbocycles. The number of ether oxygens (including phenoxy) is 1. The minimum atomic E-state index is -3.23. The number of benzene rings is 1. The van der Waals surface area contributed by atoms with Gasteiger partial charge in [0.2, 0.25) is 0 Å². The van der Waals surface area contributed by atoms with Crippen LogP contribution in [0, 0.1) is 17.2 Å². The van der Waals surface area contributed by atoms with Crippen molar-refractivity contribution in [3.8, 4) is 11.8 Å². The lowest BCUT2D eigenvalue weighted by molar-refractivity contribution is -0.0381. The quantitative estimate of drug-likeness (QED) is 0.816. The van der Waals surface area contributed by atoms with Crippen molar-refractivity contribution < 1.29 is 13.5 Å². The van der Waals surface area contributed by atoms with Crippen molar-refractivity contribution in [1.29, 1.82) is 5.26 Å². The minimum absolute atomic E-state index is 0.167. The van der Waals surface area contributed by atoms with Crippen LogP contribution < -0.4 is 4.74 Å². The lowest BCUT2D eigenvalue weighted by Gasteiger charge is -2.20. The summed E-state index contributed by atoms with van der Waals surface area (Å²) in [5.41, 5.74) is -0.267. The Hall–Kier alpha value is -1.34. The van der Waals surface area contributed by atoms with Crippen LogP contribution in [0.4, 0.5) is 8.78 Å². The van der Waals surface area contributed by atoms with E-state index in [2.05, 4.69) is 0 Å². The second kappa shape index (κ2) is 5.53. The van der Waals surface area contributed by atoms with Crippen LogP contribution in [0.3, 0.4) is 0 Å². The van der Waals surface area contributed by atoms with Gasteiger partial charge in [-0.1, -0.05) is 17.7 Å². The molecule has 0 radical (unpaired) electrons. The number of halogens is 3. The van der Waals surface area contributed by atoms with Gasteiger partial charge in [0, 0.05) is 5.56 Å². The number of alkyl halides is 2. The van der Waals surface area contributed by atoms with E-state index in [9.17, 15) is 8.78 Å². The van der Waals surface area contributed by atoms with E-state index in [1.54, 1.807) is 19.9 Å². The molecule has 0 saturated heterocycles. The van der Waals surface area contributed by atoms with Crippen molar-refractivity contribution in [1.82, 2.24) is 0 Å². The highest BCUT2D eigenvalue weighted by molar-refractivity contribution is 6.32. The maximum Gasteiger partial charge on any atom is 0.288 e. The van der Waals surface area contributed by atoms with Gasteiger partial charge in [0.1, 0.15) is 11.7 Å². The summed E-state index contributed by atoms with van der Waals surface area (Å²) in [6, 6.07) is 5.31. The highest BCUT2D eigenvalue weighted by Crippen LogP contribution is 2.39. The summed E-state index contributed by atoms with van der Waals surface area (Å²) in [6.45, 7) is 4.73. The molecule has 1 unspecified atom stereocenters. The van der Waals surface area contributed by atoms with Gasteiger partial charge < -0.3 is 4.74 Å². The van der Waals surface area contributed by atoms with Crippen LogP contribution in [0.5, 0.6) is 5.75 Å². The minimum Gasteiger partial charge on any atom is -0.489 e. The molecule has 5 heteroatoms. The van der Waals surface area contributed by atoms with Crippen molar-refractivity contribution >= 4 is 11.6 Å². The topological polar surface area (TPSA) is 33.0 Å². The lowest BCUT2D eigenvalue weighted by Crippen LogP contribution is -2.22. The molecular formula is C13H14ClF2NO. The predicted octanol–water partition coefficient (Wildman–Crippen LogP) is 4.38. The third-order valence-electron chi connectivity index (χ3n) is 2.42. The van der Waals surface area contributed by atoms with E-state index in [4.69, 9.17) is 21.6 Å². The first-order valence-electron chi connectivity index (χ1n) is 5.53. The number of rotatable bonds is 4. The summed E-state index contributed by atoms with van der Waals surface area (Å²) in [6.07, 6.45) is -0.167. The van der Waals surface area contributed by atoms with E-state index in [1.165, 1.54) is 25.1 Å². The largest absolute Gasteiger partial charge is 0.489 e. The monoisotopic (exact) mass is 273 g/mol. The van der Waals surface area contributed by atoms with E-state index >= 15 is 0 Å². The van der Waals surface area contributed by atoms with Crippen LogP contribution >= 0.6 is 11.6 Å². The van der Waals surface area contributed by atoms with Crippen molar-refractivity contribution in [3.63, 3.8) is 0 Å². The fraction of sp³-hybridized carbons (Fsp3) is 0.462. The average Bonchev–Trinajstić information content (AvgIpc) is 2.30. The average molecular weight is 274 g/mol. The predicted molar refractivity (Wildman–Crippen MR) is 65.9 cm³/mol. The molecule has 0 aliphatic heterocycles. The summed E-state index contributed by atoms with van der Waals surface area (Å²) in [7, 11) is 0. The van der Waals surface area contributed by atoms with Crippen molar-refractivity contribution in [2.45, 2.75) is 32.8 Å². The maximum absolute atomic E-state index is 13.9. The third-order valence-corrected chi connectivity index (χ3v) is 2.73. The van der Waals surface area contributed by atoms with Gasteiger partial charge in [-0.15, -0.1) is 0 Å². The molecule has 1 aromatic carbocycles. The zero-order valence-corrected chi connectivity index (χ0v) is 11.1. The summed E-state index contributed by atoms with van der Waals surface area (Å²) in [5, 5.41) is 8.88. The molecule has 0 amide bonds. The van der Waals surface area contributed by atoms with E-state index in [0.717, 1.165) is 0 Å². The van der Waals surface area contributed by atoms with Crippen LogP contribution in [0.25, 0.3) is 0 Å². The van der Waals surface area contributed by atoms with E-state index < -0.39 is 11.8 Å². The molecule has 0 aliphatic rings. The van der Waals surface area contributed by atoms with Crippen LogP contribution in [0.15, 0.2) is 18.2 Å². The molecule has 1 aromatic rings. The van der Waals surface area contributed by atoms with Gasteiger partial charge in [-0.25, -0.2) is 0 Å². The van der Waals surface area contributed by atoms with Crippen molar-refractivity contribution in [3.05, 3.63) is 28.8 Å². The third kappa shape index (κ3) is 3.11. The zero-order valence-electron chi connectivity index (χ0n) is 10.4. The fourth-order valence-electron chi connectivity index (χ4n) is 1.39. The number of hydrogen-bond acceptors (Lipinski definition) is 2. The molecule has 0 heterocycles. The Kier molecular flexibility index (Phi) is 4.53. The second-order valence-electron chi connectivity index (χ2n) is 4.29. The summed E-state index contributed by atoms with van der Waals surface area (Å²) in [5.74, 6) is -4.44. The second-order valence-corrected chi connectivity index (χ2v) is 4.69. The van der Waals surface area contributed by atoms with Crippen LogP contribution in [0.1, 0.15) is 26.3 Å². The number of hydrogen-bond donors (Lipinski definition) is 0. The first-order chi connectivity index (χ1) is 8.28. The molecule has 0 N–H and O–H groups in total. The maximum atomic E-state index is 13.9. The molecule has 2 nitrogen and oxygen atoms in total. The number of nitriles is 1. The lowest BCUT2D eigenvalue weighted by atomic mass is 9.97. The van der Waals surface area contributed by atoms with Crippen LogP contribution in [0.2, 0.25) is 5.02 Å². The standard InChI is InChI=1S/C13H14ClF2NO/c1-8(2)18-12-6-10(4-5-11(12)14)13(15,16)9(3)7-17/h4-6,8-9H,1-3H3. The molecule has 98 valence electrons. The van der Waals surface area contributed by atoms with Crippen LogP contribution in [-0.4, -0.2) is 6.10 Å². The molecule has 0 aromatic heterocycles. The smallest absolute Gasteiger partial charge is 0.288 e. The SMILES string of the molecule is CC(C)Oc1cc(C(F)(F)C(C)C#N)ccc1Cl. The molecule has 1 rings (SSSR count). The molecular weight excluding hydrogens is 260 g/mol. The first-order valence-corrected chi connectivity index (χ1v) is 5.91. The Morgan fingerprint density at radius 3 is 2.44 bits per heavy atom. The molecule has 1 atom stereocenters. The Bertz CT molecular complexity index is 469. The molecule has 0 spiro atoms. The Morgan fingerprint density at radius 2 is 1.94 bits per heavy atom. The van der Waals surface area contributed by atoms with E-state index in [-0.39, 0.29) is 22.4 Å². The van der Waals surface area contributed by atoms with Gasteiger partial charge in [-0.05, 0) is 32.9 Å². The van der Waals surface area contributed by atoms with E-state index in [1.807, 2.05) is 0 Å². The molecule has 18 heavy (non-hydrogen) atoms. The highest BCUT2D eigenvalue weighted by atomic mass is 35.5. The van der Waals surface area contributed by atoms with Gasteiger partial charge in [-0.2, -0.15) is 14.0 Å². The molecule has 0 bridgehead atoms. The Balaban J connectivity index is 3.16. The number of nitrogens with zero attached hydrogens (tertiary/aromatic N) is 1. The van der Waals surface area contributed by atoms with Gasteiger partial charge >= 0.3 is 0 Å². The normalized spacial score (nSPS) is 13.2. The van der Waals surface area contributed by atoms with Gasteiger partial charge in [0.15, 0.2) is 0 Å². The fourth-order valence-corrected chi connectivity index (χ4v) is 1.55. The van der Waals surface area contributed by atoms with Crippen LogP contribution in [-0.2, 0) is 5.92 Å². The van der Waals surface area contributed by atoms with Gasteiger partial charge in [0.25, 0.3) is 5.92 Å². The van der Waals surface area contributed by atoms with Gasteiger partial charge in [0.05, 0.1) is 17.2 Å². The van der Waals surface area contributed by atoms with Crippen molar-refractivity contribution in [2.24, 2.45) is 5.92 Å². The Morgan fingerprint density at radius 1 is 1.33 bits per heavy atom. The summed E-state index contributed by atoms with van der Waals surface area (Å²) < 4.78 is 33.1. The van der Waals surface area contributed by atoms with Crippen molar-refractivity contribution in [2.75, 3.05) is 0 Å².